The van der Waals surface area contributed by atoms with Crippen LogP contribution in [0, 0.1) is 11.6 Å². The van der Waals surface area contributed by atoms with Crippen LogP contribution in [0.1, 0.15) is 37.3 Å². The van der Waals surface area contributed by atoms with Crippen molar-refractivity contribution in [3.8, 4) is 0 Å². The van der Waals surface area contributed by atoms with Crippen molar-refractivity contribution < 1.29 is 18.3 Å². The van der Waals surface area contributed by atoms with Crippen LogP contribution in [0.25, 0.3) is 0 Å². The highest BCUT2D eigenvalue weighted by atomic mass is 19.2. The number of methoxy groups -OCH3 is 1. The molecule has 0 bridgehead atoms. The molecule has 0 saturated carbocycles. The molecule has 1 N–H and O–H groups in total. The summed E-state index contributed by atoms with van der Waals surface area (Å²) in [5.41, 5.74) is 0.750. The molecular weight excluding hydrogens is 252 g/mol. The van der Waals surface area contributed by atoms with Crippen LogP contribution in [-0.2, 0) is 9.53 Å². The summed E-state index contributed by atoms with van der Waals surface area (Å²) in [6, 6.07) is 4.22. The monoisotopic (exact) mass is 269 g/mol. The van der Waals surface area contributed by atoms with Gasteiger partial charge in [-0.1, -0.05) is 6.07 Å². The standard InChI is InChI=1S/C14H17F2NO2/c1-19-14(18)7-4-10-3-6-13(17-10)9-2-5-11(15)12(16)8-9/h2,5,8,10,13,17H,3-4,6-7H2,1H3/t10-,13+/m1/s1. The maximum Gasteiger partial charge on any atom is 0.305 e. The molecule has 1 aliphatic heterocycles. The van der Waals surface area contributed by atoms with E-state index in [1.807, 2.05) is 0 Å². The van der Waals surface area contributed by atoms with Gasteiger partial charge in [-0.3, -0.25) is 4.79 Å². The van der Waals surface area contributed by atoms with Gasteiger partial charge in [0, 0.05) is 18.5 Å². The quantitative estimate of drug-likeness (QED) is 0.854. The second-order valence-corrected chi connectivity index (χ2v) is 4.78. The van der Waals surface area contributed by atoms with Gasteiger partial charge < -0.3 is 10.1 Å². The van der Waals surface area contributed by atoms with E-state index in [0.717, 1.165) is 24.5 Å². The first-order valence-electron chi connectivity index (χ1n) is 6.38. The Bertz CT molecular complexity index is 465. The zero-order valence-corrected chi connectivity index (χ0v) is 10.8. The van der Waals surface area contributed by atoms with Crippen LogP contribution < -0.4 is 5.32 Å². The normalized spacial score (nSPS) is 22.5. The van der Waals surface area contributed by atoms with Gasteiger partial charge >= 0.3 is 5.97 Å². The Morgan fingerprint density at radius 3 is 2.84 bits per heavy atom. The second-order valence-electron chi connectivity index (χ2n) is 4.78. The average Bonchev–Trinajstić information content (AvgIpc) is 2.88. The molecule has 1 fully saturated rings. The third-order valence-corrected chi connectivity index (χ3v) is 3.51. The summed E-state index contributed by atoms with van der Waals surface area (Å²) >= 11 is 0. The highest BCUT2D eigenvalue weighted by molar-refractivity contribution is 5.69. The van der Waals surface area contributed by atoms with Crippen molar-refractivity contribution in [2.75, 3.05) is 7.11 Å². The largest absolute Gasteiger partial charge is 0.469 e. The molecule has 2 rings (SSSR count). The number of nitrogens with one attached hydrogen (secondary N) is 1. The van der Waals surface area contributed by atoms with Gasteiger partial charge in [0.1, 0.15) is 0 Å². The number of halogens is 2. The number of carbonyl (C=O) groups is 1. The fraction of sp³-hybridized carbons (Fsp3) is 0.500. The fourth-order valence-corrected chi connectivity index (χ4v) is 2.43. The van der Waals surface area contributed by atoms with Gasteiger partial charge in [0.15, 0.2) is 11.6 Å². The molecule has 1 saturated heterocycles. The summed E-state index contributed by atoms with van der Waals surface area (Å²) in [6.07, 6.45) is 2.85. The number of rotatable bonds is 4. The van der Waals surface area contributed by atoms with Crippen LogP contribution in [0.5, 0.6) is 0 Å². The number of hydrogen-bond donors (Lipinski definition) is 1. The molecule has 1 heterocycles. The summed E-state index contributed by atoms with van der Waals surface area (Å²) in [5, 5.41) is 3.34. The summed E-state index contributed by atoms with van der Waals surface area (Å²) in [5.74, 6) is -1.88. The minimum absolute atomic E-state index is 0.0257. The molecule has 2 atom stereocenters. The van der Waals surface area contributed by atoms with Gasteiger partial charge in [-0.05, 0) is 37.0 Å². The lowest BCUT2D eigenvalue weighted by molar-refractivity contribution is -0.140. The maximum atomic E-state index is 13.2. The maximum absolute atomic E-state index is 13.2. The Hall–Kier alpha value is -1.49. The predicted molar refractivity (Wildman–Crippen MR) is 66.5 cm³/mol. The zero-order chi connectivity index (χ0) is 13.8. The van der Waals surface area contributed by atoms with Crippen molar-refractivity contribution in [1.82, 2.24) is 5.32 Å². The molecule has 3 nitrogen and oxygen atoms in total. The molecule has 0 aromatic heterocycles. The lowest BCUT2D eigenvalue weighted by Gasteiger charge is -2.14. The molecule has 0 amide bonds. The van der Waals surface area contributed by atoms with Crippen LogP contribution in [0.4, 0.5) is 8.78 Å². The van der Waals surface area contributed by atoms with Crippen molar-refractivity contribution in [1.29, 1.82) is 0 Å². The number of carbonyl (C=O) groups excluding carboxylic acids is 1. The van der Waals surface area contributed by atoms with Crippen molar-refractivity contribution in [2.24, 2.45) is 0 Å². The van der Waals surface area contributed by atoms with E-state index in [2.05, 4.69) is 10.1 Å². The molecule has 19 heavy (non-hydrogen) atoms. The van der Waals surface area contributed by atoms with Crippen LogP contribution >= 0.6 is 0 Å². The number of hydrogen-bond acceptors (Lipinski definition) is 3. The van der Waals surface area contributed by atoms with Crippen molar-refractivity contribution in [2.45, 2.75) is 37.8 Å². The van der Waals surface area contributed by atoms with Crippen LogP contribution in [-0.4, -0.2) is 19.1 Å². The molecule has 5 heteroatoms. The first-order valence-corrected chi connectivity index (χ1v) is 6.38. The van der Waals surface area contributed by atoms with Gasteiger partial charge in [0.2, 0.25) is 0 Å². The van der Waals surface area contributed by atoms with E-state index in [-0.39, 0.29) is 18.1 Å². The summed E-state index contributed by atoms with van der Waals surface area (Å²) in [7, 11) is 1.37. The number of esters is 1. The first kappa shape index (κ1) is 13.9. The van der Waals surface area contributed by atoms with E-state index < -0.39 is 11.6 Å². The van der Waals surface area contributed by atoms with E-state index in [1.54, 1.807) is 6.07 Å². The Morgan fingerprint density at radius 1 is 1.37 bits per heavy atom. The fourth-order valence-electron chi connectivity index (χ4n) is 2.43. The minimum atomic E-state index is -0.830. The second kappa shape index (κ2) is 6.10. The van der Waals surface area contributed by atoms with Crippen molar-refractivity contribution in [3.63, 3.8) is 0 Å². The predicted octanol–water partition coefficient (Wildman–Crippen LogP) is 2.71. The van der Waals surface area contributed by atoms with E-state index in [0.29, 0.717) is 12.8 Å². The molecule has 1 aliphatic rings. The smallest absolute Gasteiger partial charge is 0.305 e. The van der Waals surface area contributed by atoms with Crippen LogP contribution in [0.2, 0.25) is 0 Å². The van der Waals surface area contributed by atoms with E-state index in [1.165, 1.54) is 13.2 Å². The Morgan fingerprint density at radius 2 is 2.16 bits per heavy atom. The van der Waals surface area contributed by atoms with Crippen LogP contribution in [0.15, 0.2) is 18.2 Å². The molecule has 0 radical (unpaired) electrons. The summed E-state index contributed by atoms with van der Waals surface area (Å²) in [6.45, 7) is 0. The third kappa shape index (κ3) is 3.50. The molecule has 0 spiro atoms. The summed E-state index contributed by atoms with van der Waals surface area (Å²) < 4.78 is 30.6. The topological polar surface area (TPSA) is 38.3 Å². The average molecular weight is 269 g/mol. The lowest BCUT2D eigenvalue weighted by atomic mass is 10.0. The van der Waals surface area contributed by atoms with Gasteiger partial charge in [-0.2, -0.15) is 0 Å². The van der Waals surface area contributed by atoms with Crippen LogP contribution in [0.3, 0.4) is 0 Å². The highest BCUT2D eigenvalue weighted by Crippen LogP contribution is 2.29. The third-order valence-electron chi connectivity index (χ3n) is 3.51. The molecule has 104 valence electrons. The Balaban J connectivity index is 1.90. The van der Waals surface area contributed by atoms with E-state index >= 15 is 0 Å². The highest BCUT2D eigenvalue weighted by Gasteiger charge is 2.25. The molecule has 0 aliphatic carbocycles. The van der Waals surface area contributed by atoms with Gasteiger partial charge in [0.05, 0.1) is 7.11 Å². The Labute approximate surface area is 111 Å². The molecule has 1 aromatic carbocycles. The summed E-state index contributed by atoms with van der Waals surface area (Å²) in [4.78, 5) is 11.1. The van der Waals surface area contributed by atoms with E-state index in [9.17, 15) is 13.6 Å². The molecular formula is C14H17F2NO2. The SMILES string of the molecule is COC(=O)CC[C@H]1CC[C@@H](c2ccc(F)c(F)c2)N1. The molecule has 0 unspecified atom stereocenters. The first-order chi connectivity index (χ1) is 9.10. The van der Waals surface area contributed by atoms with Crippen molar-refractivity contribution in [3.05, 3.63) is 35.4 Å². The van der Waals surface area contributed by atoms with Gasteiger partial charge in [-0.25, -0.2) is 8.78 Å². The van der Waals surface area contributed by atoms with Gasteiger partial charge in [-0.15, -0.1) is 0 Å². The Kier molecular flexibility index (Phi) is 4.47. The number of benzene rings is 1. The molecule has 1 aromatic rings. The van der Waals surface area contributed by atoms with Crippen molar-refractivity contribution >= 4 is 5.97 Å². The van der Waals surface area contributed by atoms with E-state index in [4.69, 9.17) is 0 Å². The zero-order valence-electron chi connectivity index (χ0n) is 10.8. The van der Waals surface area contributed by atoms with Gasteiger partial charge in [0.25, 0.3) is 0 Å². The lowest BCUT2D eigenvalue weighted by Crippen LogP contribution is -2.25. The minimum Gasteiger partial charge on any atom is -0.469 e. The number of ether oxygens (including phenoxy) is 1.